The van der Waals surface area contributed by atoms with Gasteiger partial charge >= 0.3 is 0 Å². The van der Waals surface area contributed by atoms with Gasteiger partial charge in [0.25, 0.3) is 0 Å². The van der Waals surface area contributed by atoms with Crippen LogP contribution in [0, 0.1) is 18.8 Å². The molecule has 4 heterocycles. The van der Waals surface area contributed by atoms with Crippen LogP contribution >= 0.6 is 11.3 Å². The van der Waals surface area contributed by atoms with Gasteiger partial charge in [-0.05, 0) is 13.8 Å². The number of hydrogen-bond donors (Lipinski definition) is 1. The first-order valence-electron chi connectivity index (χ1n) is 8.22. The van der Waals surface area contributed by atoms with Crippen LogP contribution in [0.4, 0.5) is 0 Å². The molecule has 25 heavy (non-hydrogen) atoms. The second-order valence-electron chi connectivity index (χ2n) is 6.92. The van der Waals surface area contributed by atoms with Gasteiger partial charge in [0, 0.05) is 16.9 Å². The Morgan fingerprint density at radius 2 is 2.24 bits per heavy atom. The van der Waals surface area contributed by atoms with Crippen molar-refractivity contribution in [3.63, 3.8) is 0 Å². The fourth-order valence-corrected chi connectivity index (χ4v) is 5.03. The second-order valence-corrected chi connectivity index (χ2v) is 7.81. The molecule has 7 nitrogen and oxygen atoms in total. The number of carbonyl (C=O) groups is 2. The molecule has 4 rings (SSSR count). The summed E-state index contributed by atoms with van der Waals surface area (Å²) in [6.45, 7) is 5.87. The highest BCUT2D eigenvalue weighted by Gasteiger charge is 2.58. The van der Waals surface area contributed by atoms with E-state index in [-0.39, 0.29) is 23.6 Å². The molecule has 4 atom stereocenters. The van der Waals surface area contributed by atoms with Crippen molar-refractivity contribution in [2.45, 2.75) is 39.5 Å². The molecule has 2 aliphatic heterocycles. The van der Waals surface area contributed by atoms with Crippen molar-refractivity contribution in [3.8, 4) is 0 Å². The fraction of sp³-hybridized carbons (Fsp3) is 0.471. The van der Waals surface area contributed by atoms with E-state index in [2.05, 4.69) is 5.38 Å². The first-order valence-corrected chi connectivity index (χ1v) is 9.10. The van der Waals surface area contributed by atoms with E-state index in [0.717, 1.165) is 10.5 Å². The Labute approximate surface area is 148 Å². The number of fused-ring (bicyclic) bond motifs is 2. The molecule has 132 valence electrons. The van der Waals surface area contributed by atoms with E-state index in [4.69, 9.17) is 0 Å². The number of hydrogen-bond acceptors (Lipinski definition) is 5. The number of aryl methyl sites for hydroxylation is 1. The van der Waals surface area contributed by atoms with Crippen molar-refractivity contribution in [2.24, 2.45) is 11.8 Å². The molecule has 2 aliphatic rings. The van der Waals surface area contributed by atoms with Gasteiger partial charge < -0.3 is 19.9 Å². The Hall–Kier alpha value is -2.19. The van der Waals surface area contributed by atoms with Crippen molar-refractivity contribution < 1.29 is 24.4 Å². The average Bonchev–Trinajstić information content (AvgIpc) is 3.14. The van der Waals surface area contributed by atoms with E-state index in [9.17, 15) is 19.8 Å². The Morgan fingerprint density at radius 3 is 2.84 bits per heavy atom. The standard InChI is InChI=1S/C17H19N3O4S/c1-8-6-25-12-5-18(7-19(8)12)4-11-9(2)14-13(10(3)21)16(22)20(14)15(11)17(23)24/h5-7,9-10,13-14,21H,4H2,1-3H3/t9-,10+,13+,14?/m0/s1. The smallest absolute Gasteiger partial charge is 0.250 e. The van der Waals surface area contributed by atoms with Gasteiger partial charge in [0.15, 0.2) is 0 Å². The van der Waals surface area contributed by atoms with Crippen molar-refractivity contribution in [1.82, 2.24) is 9.30 Å². The van der Waals surface area contributed by atoms with Gasteiger partial charge in [0.1, 0.15) is 18.4 Å². The highest BCUT2D eigenvalue weighted by molar-refractivity contribution is 7.15. The number of nitrogens with zero attached hydrogens (tertiary/aromatic N) is 3. The molecule has 0 saturated carbocycles. The van der Waals surface area contributed by atoms with Crippen LogP contribution in [-0.4, -0.2) is 38.4 Å². The number of rotatable bonds is 4. The summed E-state index contributed by atoms with van der Waals surface area (Å²) in [7, 11) is 0. The summed E-state index contributed by atoms with van der Waals surface area (Å²) in [5.74, 6) is -2.36. The zero-order chi connectivity index (χ0) is 18.0. The molecule has 0 aliphatic carbocycles. The fourth-order valence-electron chi connectivity index (χ4n) is 4.12. The summed E-state index contributed by atoms with van der Waals surface area (Å²) in [5, 5.41) is 23.6. The molecule has 8 heteroatoms. The van der Waals surface area contributed by atoms with E-state index in [1.807, 2.05) is 35.3 Å². The van der Waals surface area contributed by atoms with E-state index in [1.54, 1.807) is 18.3 Å². The molecule has 0 spiro atoms. The van der Waals surface area contributed by atoms with E-state index < -0.39 is 18.0 Å². The quantitative estimate of drug-likeness (QED) is 0.585. The van der Waals surface area contributed by atoms with Crippen LogP contribution in [-0.2, 0) is 16.1 Å². The van der Waals surface area contributed by atoms with Gasteiger partial charge in [-0.25, -0.2) is 4.57 Å². The molecule has 1 amide bonds. The lowest BCUT2D eigenvalue weighted by atomic mass is 9.78. The minimum Gasteiger partial charge on any atom is -0.543 e. The third-order valence-electron chi connectivity index (χ3n) is 5.37. The maximum absolute atomic E-state index is 12.3. The predicted octanol–water partition coefficient (Wildman–Crippen LogP) is -0.542. The lowest BCUT2D eigenvalue weighted by Crippen LogP contribution is -2.64. The number of carboxylic acids is 1. The number of amides is 1. The number of aliphatic hydroxyl groups excluding tert-OH is 1. The number of aliphatic hydroxyl groups is 1. The first-order chi connectivity index (χ1) is 11.8. The number of aliphatic carboxylic acids is 1. The topological polar surface area (TPSA) is 89.0 Å². The van der Waals surface area contributed by atoms with Crippen LogP contribution in [0.25, 0.3) is 4.83 Å². The van der Waals surface area contributed by atoms with Crippen LogP contribution in [0.2, 0.25) is 0 Å². The number of carbonyl (C=O) groups excluding carboxylic acids is 2. The molecule has 2 aromatic heterocycles. The summed E-state index contributed by atoms with van der Waals surface area (Å²) >= 11 is 1.62. The number of thiazole rings is 1. The molecule has 2 aromatic rings. The molecule has 1 fully saturated rings. The zero-order valence-electron chi connectivity index (χ0n) is 14.2. The van der Waals surface area contributed by atoms with E-state index >= 15 is 0 Å². The molecule has 1 unspecified atom stereocenters. The van der Waals surface area contributed by atoms with Crippen molar-refractivity contribution >= 4 is 28.0 Å². The van der Waals surface area contributed by atoms with Gasteiger partial charge in [-0.2, -0.15) is 4.40 Å². The van der Waals surface area contributed by atoms with Gasteiger partial charge in [-0.15, -0.1) is 0 Å². The monoisotopic (exact) mass is 361 g/mol. The maximum Gasteiger partial charge on any atom is 0.250 e. The van der Waals surface area contributed by atoms with Crippen LogP contribution in [0.1, 0.15) is 19.5 Å². The Kier molecular flexibility index (Phi) is 3.52. The van der Waals surface area contributed by atoms with Crippen molar-refractivity contribution in [1.29, 1.82) is 0 Å². The summed E-state index contributed by atoms with van der Waals surface area (Å²) in [4.78, 5) is 26.4. The molecular formula is C17H19N3O4S. The average molecular weight is 361 g/mol. The molecule has 1 N–H and O–H groups in total. The Bertz CT molecular complexity index is 926. The Morgan fingerprint density at radius 1 is 1.52 bits per heavy atom. The van der Waals surface area contributed by atoms with Gasteiger partial charge in [0.2, 0.25) is 17.1 Å². The summed E-state index contributed by atoms with van der Waals surface area (Å²) in [5.41, 5.74) is 1.75. The van der Waals surface area contributed by atoms with Crippen molar-refractivity contribution in [2.75, 3.05) is 0 Å². The summed E-state index contributed by atoms with van der Waals surface area (Å²) < 4.78 is 3.98. The van der Waals surface area contributed by atoms with Crippen LogP contribution in [0.15, 0.2) is 29.2 Å². The summed E-state index contributed by atoms with van der Waals surface area (Å²) in [6, 6.07) is -0.304. The van der Waals surface area contributed by atoms with Gasteiger partial charge in [-0.3, -0.25) is 4.79 Å². The number of imidazole rings is 1. The summed E-state index contributed by atoms with van der Waals surface area (Å²) in [6.07, 6.45) is 3.10. The molecule has 0 aromatic carbocycles. The molecule has 0 radical (unpaired) electrons. The van der Waals surface area contributed by atoms with E-state index in [1.165, 1.54) is 4.90 Å². The molecule has 0 bridgehead atoms. The third kappa shape index (κ3) is 2.17. The highest BCUT2D eigenvalue weighted by Crippen LogP contribution is 2.46. The number of aromatic nitrogens is 2. The zero-order valence-corrected chi connectivity index (χ0v) is 15.0. The lowest BCUT2D eigenvalue weighted by molar-refractivity contribution is -0.688. The molecular weight excluding hydrogens is 342 g/mol. The minimum atomic E-state index is -1.33. The van der Waals surface area contributed by atoms with Gasteiger partial charge in [0.05, 0.1) is 29.7 Å². The number of β-lactam (4-membered cyclic amide) rings is 1. The van der Waals surface area contributed by atoms with Crippen molar-refractivity contribution in [3.05, 3.63) is 34.9 Å². The second kappa shape index (κ2) is 5.40. The van der Waals surface area contributed by atoms with E-state index in [0.29, 0.717) is 12.1 Å². The first kappa shape index (κ1) is 16.3. The largest absolute Gasteiger partial charge is 0.543 e. The predicted molar refractivity (Wildman–Crippen MR) is 87.2 cm³/mol. The minimum absolute atomic E-state index is 0.0295. The normalized spacial score (nSPS) is 27.0. The highest BCUT2D eigenvalue weighted by atomic mass is 32.1. The maximum atomic E-state index is 12.3. The van der Waals surface area contributed by atoms with Crippen LogP contribution in [0.5, 0.6) is 0 Å². The number of carboxylic acid groups (broad SMARTS) is 1. The molecule has 1 saturated heterocycles. The SMILES string of the molecule is Cc1csc2c[n+](CC3=C(C(=O)[O-])N4C(=O)[C@H]([C@@H](C)O)C4[C@H]3C)cn12. The van der Waals surface area contributed by atoms with Crippen LogP contribution in [0.3, 0.4) is 0 Å². The Balaban J connectivity index is 1.72. The van der Waals surface area contributed by atoms with Gasteiger partial charge in [-0.1, -0.05) is 18.3 Å². The third-order valence-corrected chi connectivity index (χ3v) is 6.37. The van der Waals surface area contributed by atoms with Crippen LogP contribution < -0.4 is 9.67 Å². The lowest BCUT2D eigenvalue weighted by Gasteiger charge is -2.47.